The molecule has 74 valence electrons. The van der Waals surface area contributed by atoms with Gasteiger partial charge in [-0.25, -0.2) is 0 Å². The molecule has 2 fully saturated rings. The van der Waals surface area contributed by atoms with Gasteiger partial charge in [-0.3, -0.25) is 4.79 Å². The highest BCUT2D eigenvalue weighted by atomic mass is 16.2. The van der Waals surface area contributed by atoms with Crippen molar-refractivity contribution in [2.75, 3.05) is 6.54 Å². The normalized spacial score (nSPS) is 36.2. The fourth-order valence-corrected chi connectivity index (χ4v) is 2.02. The molecule has 1 aliphatic heterocycles. The highest BCUT2D eigenvalue weighted by molar-refractivity contribution is 5.82. The van der Waals surface area contributed by atoms with E-state index in [-0.39, 0.29) is 6.04 Å². The molecule has 1 saturated heterocycles. The molecule has 2 aliphatic rings. The minimum atomic E-state index is 0.0121. The number of hydrogen-bond donors (Lipinski definition) is 1. The van der Waals surface area contributed by atoms with Crippen molar-refractivity contribution in [3.63, 3.8) is 0 Å². The molecule has 2 atom stereocenters. The van der Waals surface area contributed by atoms with Crippen molar-refractivity contribution in [3.8, 4) is 0 Å². The Labute approximate surface area is 79.5 Å². The lowest BCUT2D eigenvalue weighted by molar-refractivity contribution is -0.132. The van der Waals surface area contributed by atoms with E-state index in [0.29, 0.717) is 18.0 Å². The lowest BCUT2D eigenvalue weighted by Gasteiger charge is -2.21. The molecule has 0 spiro atoms. The highest BCUT2D eigenvalue weighted by Gasteiger charge is 2.36. The molecule has 0 bridgehead atoms. The third kappa shape index (κ3) is 1.85. The van der Waals surface area contributed by atoms with Gasteiger partial charge in [0.2, 0.25) is 5.91 Å². The molecule has 1 aliphatic carbocycles. The van der Waals surface area contributed by atoms with Crippen molar-refractivity contribution >= 4 is 5.91 Å². The van der Waals surface area contributed by atoms with Gasteiger partial charge in [0.05, 0.1) is 6.04 Å². The summed E-state index contributed by atoms with van der Waals surface area (Å²) in [5, 5.41) is 3.31. The van der Waals surface area contributed by atoms with Crippen molar-refractivity contribution in [2.45, 2.75) is 51.2 Å². The van der Waals surface area contributed by atoms with Gasteiger partial charge in [0, 0.05) is 18.6 Å². The van der Waals surface area contributed by atoms with E-state index in [4.69, 9.17) is 0 Å². The zero-order chi connectivity index (χ0) is 9.42. The first kappa shape index (κ1) is 9.00. The topological polar surface area (TPSA) is 32.3 Å². The van der Waals surface area contributed by atoms with Gasteiger partial charge in [-0.15, -0.1) is 0 Å². The lowest BCUT2D eigenvalue weighted by Crippen LogP contribution is -2.43. The maximum atomic E-state index is 11.8. The van der Waals surface area contributed by atoms with E-state index in [1.54, 1.807) is 0 Å². The molecule has 3 heteroatoms. The molecule has 13 heavy (non-hydrogen) atoms. The second kappa shape index (κ2) is 3.29. The van der Waals surface area contributed by atoms with Crippen LogP contribution in [0.2, 0.25) is 0 Å². The minimum Gasteiger partial charge on any atom is -0.338 e. The Balaban J connectivity index is 2.05. The van der Waals surface area contributed by atoms with Crippen LogP contribution in [-0.4, -0.2) is 35.5 Å². The summed E-state index contributed by atoms with van der Waals surface area (Å²) in [5.41, 5.74) is 0. The maximum Gasteiger partial charge on any atom is 0.239 e. The minimum absolute atomic E-state index is 0.0121. The van der Waals surface area contributed by atoms with E-state index in [2.05, 4.69) is 17.1 Å². The standard InChI is InChI=1S/C10H18N2O/c1-7-5-6-12(9-3-4-9)10(13)8(2)11-7/h7-9,11H,3-6H2,1-2H3. The van der Waals surface area contributed by atoms with Crippen LogP contribution in [0.3, 0.4) is 0 Å². The number of carbonyl (C=O) groups excluding carboxylic acids is 1. The van der Waals surface area contributed by atoms with Crippen molar-refractivity contribution in [1.29, 1.82) is 0 Å². The van der Waals surface area contributed by atoms with E-state index >= 15 is 0 Å². The number of rotatable bonds is 1. The Morgan fingerprint density at radius 3 is 2.62 bits per heavy atom. The fourth-order valence-electron chi connectivity index (χ4n) is 2.02. The van der Waals surface area contributed by atoms with Crippen molar-refractivity contribution in [3.05, 3.63) is 0 Å². The highest BCUT2D eigenvalue weighted by Crippen LogP contribution is 2.28. The molecule has 0 radical (unpaired) electrons. The summed E-state index contributed by atoms with van der Waals surface area (Å²) < 4.78 is 0. The third-order valence-corrected chi connectivity index (χ3v) is 2.98. The zero-order valence-electron chi connectivity index (χ0n) is 8.42. The van der Waals surface area contributed by atoms with E-state index in [0.717, 1.165) is 13.0 Å². The Morgan fingerprint density at radius 1 is 1.31 bits per heavy atom. The van der Waals surface area contributed by atoms with Gasteiger partial charge in [0.15, 0.2) is 0 Å². The molecular weight excluding hydrogens is 164 g/mol. The first-order chi connectivity index (χ1) is 6.18. The summed E-state index contributed by atoms with van der Waals surface area (Å²) in [7, 11) is 0. The third-order valence-electron chi connectivity index (χ3n) is 2.98. The molecule has 2 rings (SSSR count). The van der Waals surface area contributed by atoms with Crippen molar-refractivity contribution in [1.82, 2.24) is 10.2 Å². The molecule has 3 nitrogen and oxygen atoms in total. The van der Waals surface area contributed by atoms with E-state index in [9.17, 15) is 4.79 Å². The van der Waals surface area contributed by atoms with Gasteiger partial charge in [0.25, 0.3) is 0 Å². The smallest absolute Gasteiger partial charge is 0.239 e. The van der Waals surface area contributed by atoms with Crippen LogP contribution in [-0.2, 0) is 4.79 Å². The van der Waals surface area contributed by atoms with Gasteiger partial charge in [-0.1, -0.05) is 0 Å². The van der Waals surface area contributed by atoms with E-state index in [1.165, 1.54) is 12.8 Å². The second-order valence-electron chi connectivity index (χ2n) is 4.34. The second-order valence-corrected chi connectivity index (χ2v) is 4.34. The quantitative estimate of drug-likeness (QED) is 0.649. The predicted octanol–water partition coefficient (Wildman–Crippen LogP) is 0.748. The first-order valence-corrected chi connectivity index (χ1v) is 5.25. The van der Waals surface area contributed by atoms with E-state index < -0.39 is 0 Å². The molecule has 1 N–H and O–H groups in total. The summed E-state index contributed by atoms with van der Waals surface area (Å²) in [6, 6.07) is 1.06. The molecule has 0 aromatic heterocycles. The van der Waals surface area contributed by atoms with Crippen molar-refractivity contribution in [2.24, 2.45) is 0 Å². The first-order valence-electron chi connectivity index (χ1n) is 5.25. The molecule has 1 amide bonds. The van der Waals surface area contributed by atoms with Crippen LogP contribution in [0.25, 0.3) is 0 Å². The number of nitrogens with one attached hydrogen (secondary N) is 1. The number of nitrogens with zero attached hydrogens (tertiary/aromatic N) is 1. The summed E-state index contributed by atoms with van der Waals surface area (Å²) >= 11 is 0. The maximum absolute atomic E-state index is 11.8. The number of hydrogen-bond acceptors (Lipinski definition) is 2. The Kier molecular flexibility index (Phi) is 2.28. The van der Waals surface area contributed by atoms with E-state index in [1.807, 2.05) is 6.92 Å². The average Bonchev–Trinajstić information content (AvgIpc) is 2.86. The van der Waals surface area contributed by atoms with Crippen LogP contribution < -0.4 is 5.32 Å². The molecule has 1 saturated carbocycles. The number of carbonyl (C=O) groups is 1. The van der Waals surface area contributed by atoms with Crippen molar-refractivity contribution < 1.29 is 4.79 Å². The molecule has 0 aromatic rings. The van der Waals surface area contributed by atoms with Crippen LogP contribution in [0.1, 0.15) is 33.1 Å². The molecule has 0 aromatic carbocycles. The van der Waals surface area contributed by atoms with Gasteiger partial charge < -0.3 is 10.2 Å². The monoisotopic (exact) mass is 182 g/mol. The largest absolute Gasteiger partial charge is 0.338 e. The summed E-state index contributed by atoms with van der Waals surface area (Å²) in [6.07, 6.45) is 3.52. The number of amides is 1. The average molecular weight is 182 g/mol. The predicted molar refractivity (Wildman–Crippen MR) is 51.4 cm³/mol. The molecular formula is C10H18N2O. The summed E-state index contributed by atoms with van der Waals surface area (Å²) in [6.45, 7) is 5.07. The zero-order valence-corrected chi connectivity index (χ0v) is 8.42. The van der Waals surface area contributed by atoms with Crippen LogP contribution in [0.4, 0.5) is 0 Å². The fraction of sp³-hybridized carbons (Fsp3) is 0.900. The van der Waals surface area contributed by atoms with Gasteiger partial charge >= 0.3 is 0 Å². The van der Waals surface area contributed by atoms with Crippen LogP contribution in [0.5, 0.6) is 0 Å². The molecule has 2 unspecified atom stereocenters. The summed E-state index contributed by atoms with van der Waals surface area (Å²) in [4.78, 5) is 13.9. The Morgan fingerprint density at radius 2 is 2.00 bits per heavy atom. The van der Waals surface area contributed by atoms with Crippen LogP contribution >= 0.6 is 0 Å². The van der Waals surface area contributed by atoms with Crippen LogP contribution in [0.15, 0.2) is 0 Å². The lowest BCUT2D eigenvalue weighted by atomic mass is 10.2. The van der Waals surface area contributed by atoms with Gasteiger partial charge in [-0.2, -0.15) is 0 Å². The SMILES string of the molecule is CC1CCN(C2CC2)C(=O)C(C)N1. The summed E-state index contributed by atoms with van der Waals surface area (Å²) in [5.74, 6) is 0.298. The Hall–Kier alpha value is -0.570. The Bertz CT molecular complexity index is 213. The van der Waals surface area contributed by atoms with Gasteiger partial charge in [0.1, 0.15) is 0 Å². The van der Waals surface area contributed by atoms with Gasteiger partial charge in [-0.05, 0) is 33.1 Å². The molecule has 1 heterocycles. The van der Waals surface area contributed by atoms with Crippen LogP contribution in [0, 0.1) is 0 Å².